The van der Waals surface area contributed by atoms with Crippen molar-refractivity contribution in [3.05, 3.63) is 52.5 Å². The van der Waals surface area contributed by atoms with Crippen LogP contribution in [-0.4, -0.2) is 50.6 Å². The Morgan fingerprint density at radius 3 is 2.50 bits per heavy atom. The predicted molar refractivity (Wildman–Crippen MR) is 106 cm³/mol. The van der Waals surface area contributed by atoms with Gasteiger partial charge in [0.25, 0.3) is 11.8 Å². The molecule has 0 fully saturated rings. The second-order valence-electron chi connectivity index (χ2n) is 6.09. The van der Waals surface area contributed by atoms with Gasteiger partial charge >= 0.3 is 0 Å². The zero-order valence-corrected chi connectivity index (χ0v) is 16.8. The molecule has 150 valence electrons. The second kappa shape index (κ2) is 9.85. The summed E-state index contributed by atoms with van der Waals surface area (Å²) < 4.78 is 16.2. The molecule has 0 aliphatic rings. The molecule has 0 aliphatic carbocycles. The number of primary amides is 1. The molecular weight excluding hydrogens is 384 g/mol. The van der Waals surface area contributed by atoms with Crippen LogP contribution in [0, 0.1) is 6.92 Å². The van der Waals surface area contributed by atoms with Crippen LogP contribution in [0.5, 0.6) is 17.2 Å². The molecule has 0 unspecified atom stereocenters. The van der Waals surface area contributed by atoms with Gasteiger partial charge in [0.1, 0.15) is 12.4 Å². The first-order valence-electron chi connectivity index (χ1n) is 8.56. The number of amides is 2. The van der Waals surface area contributed by atoms with Crippen LogP contribution >= 0.6 is 11.6 Å². The Morgan fingerprint density at radius 1 is 1.14 bits per heavy atom. The molecule has 0 saturated carbocycles. The quantitative estimate of drug-likeness (QED) is 0.691. The molecule has 0 atom stereocenters. The largest absolute Gasteiger partial charge is 0.493 e. The summed E-state index contributed by atoms with van der Waals surface area (Å²) in [5, 5.41) is 0.147. The van der Waals surface area contributed by atoms with E-state index in [4.69, 9.17) is 31.5 Å². The van der Waals surface area contributed by atoms with Crippen LogP contribution in [0.2, 0.25) is 5.02 Å². The second-order valence-corrected chi connectivity index (χ2v) is 6.49. The Hall–Kier alpha value is -2.93. The van der Waals surface area contributed by atoms with Gasteiger partial charge in [-0.2, -0.15) is 0 Å². The molecule has 0 spiro atoms. The maximum atomic E-state index is 12.7. The van der Waals surface area contributed by atoms with E-state index in [9.17, 15) is 9.59 Å². The highest BCUT2D eigenvalue weighted by molar-refractivity contribution is 6.32. The van der Waals surface area contributed by atoms with Crippen LogP contribution < -0.4 is 19.9 Å². The van der Waals surface area contributed by atoms with Crippen molar-refractivity contribution < 1.29 is 23.8 Å². The SMILES string of the molecule is COc1cc(C(=O)N(C)CCOc2ccccc2C)cc(Cl)c1OCC(N)=O. The number of carbonyl (C=O) groups is 2. The first-order chi connectivity index (χ1) is 13.3. The minimum atomic E-state index is -0.647. The maximum Gasteiger partial charge on any atom is 0.255 e. The topological polar surface area (TPSA) is 91.1 Å². The Bertz CT molecular complexity index is 856. The fraction of sp³-hybridized carbons (Fsp3) is 0.300. The average molecular weight is 407 g/mol. The Morgan fingerprint density at radius 2 is 1.86 bits per heavy atom. The van der Waals surface area contributed by atoms with Crippen molar-refractivity contribution in [2.75, 3.05) is 33.9 Å². The van der Waals surface area contributed by atoms with Gasteiger partial charge in [0.2, 0.25) is 0 Å². The number of rotatable bonds is 9. The van der Waals surface area contributed by atoms with Crippen LogP contribution in [0.3, 0.4) is 0 Å². The lowest BCUT2D eigenvalue weighted by molar-refractivity contribution is -0.119. The highest BCUT2D eigenvalue weighted by atomic mass is 35.5. The smallest absolute Gasteiger partial charge is 0.255 e. The van der Waals surface area contributed by atoms with Crippen LogP contribution in [-0.2, 0) is 4.79 Å². The summed E-state index contributed by atoms with van der Waals surface area (Å²) in [5.74, 6) is 0.275. The first kappa shape index (κ1) is 21.4. The number of hydrogen-bond acceptors (Lipinski definition) is 5. The average Bonchev–Trinajstić information content (AvgIpc) is 2.67. The van der Waals surface area contributed by atoms with E-state index in [2.05, 4.69) is 0 Å². The van der Waals surface area contributed by atoms with Crippen molar-refractivity contribution in [2.24, 2.45) is 5.73 Å². The number of methoxy groups -OCH3 is 1. The normalized spacial score (nSPS) is 10.3. The number of likely N-dealkylation sites (N-methyl/N-ethyl adjacent to an activating group) is 1. The standard InChI is InChI=1S/C20H23ClN2O5/c1-13-6-4-5-7-16(13)27-9-8-23(2)20(25)14-10-15(21)19(17(11-14)26-3)28-12-18(22)24/h4-7,10-11H,8-9,12H2,1-3H3,(H2,22,24). The molecule has 8 heteroatoms. The van der Waals surface area contributed by atoms with Crippen molar-refractivity contribution in [3.63, 3.8) is 0 Å². The fourth-order valence-electron chi connectivity index (χ4n) is 2.46. The van der Waals surface area contributed by atoms with Crippen molar-refractivity contribution in [2.45, 2.75) is 6.92 Å². The van der Waals surface area contributed by atoms with Crippen LogP contribution in [0.1, 0.15) is 15.9 Å². The minimum Gasteiger partial charge on any atom is -0.493 e. The number of nitrogens with zero attached hydrogens (tertiary/aromatic N) is 1. The molecule has 0 aliphatic heterocycles. The van der Waals surface area contributed by atoms with Crippen molar-refractivity contribution in [1.29, 1.82) is 0 Å². The Balaban J connectivity index is 2.04. The molecule has 0 radical (unpaired) electrons. The molecule has 2 aromatic rings. The molecule has 7 nitrogen and oxygen atoms in total. The number of nitrogens with two attached hydrogens (primary N) is 1. The van der Waals surface area contributed by atoms with Crippen molar-refractivity contribution in [1.82, 2.24) is 4.90 Å². The third-order valence-electron chi connectivity index (χ3n) is 3.96. The van der Waals surface area contributed by atoms with Crippen molar-refractivity contribution in [3.8, 4) is 17.2 Å². The minimum absolute atomic E-state index is 0.147. The third-order valence-corrected chi connectivity index (χ3v) is 4.24. The van der Waals surface area contributed by atoms with E-state index >= 15 is 0 Å². The first-order valence-corrected chi connectivity index (χ1v) is 8.93. The van der Waals surface area contributed by atoms with E-state index in [-0.39, 0.29) is 29.0 Å². The van der Waals surface area contributed by atoms with Gasteiger partial charge in [-0.3, -0.25) is 9.59 Å². The Kier molecular flexibility index (Phi) is 7.52. The van der Waals surface area contributed by atoms with Gasteiger partial charge in [0.05, 0.1) is 18.7 Å². The zero-order chi connectivity index (χ0) is 20.7. The fourth-order valence-corrected chi connectivity index (χ4v) is 2.72. The number of hydrogen-bond donors (Lipinski definition) is 1. The number of aryl methyl sites for hydroxylation is 1. The lowest BCUT2D eigenvalue weighted by Crippen LogP contribution is -2.31. The van der Waals surface area contributed by atoms with Gasteiger partial charge in [-0.05, 0) is 30.7 Å². The summed E-state index contributed by atoms with van der Waals surface area (Å²) >= 11 is 6.19. The molecule has 0 aromatic heterocycles. The number of halogens is 1. The molecule has 2 rings (SSSR count). The summed E-state index contributed by atoms with van der Waals surface area (Å²) in [5.41, 5.74) is 6.43. The lowest BCUT2D eigenvalue weighted by atomic mass is 10.1. The van der Waals surface area contributed by atoms with E-state index in [1.807, 2.05) is 31.2 Å². The monoisotopic (exact) mass is 406 g/mol. The van der Waals surface area contributed by atoms with Crippen LogP contribution in [0.15, 0.2) is 36.4 Å². The van der Waals surface area contributed by atoms with E-state index in [1.165, 1.54) is 24.1 Å². The molecule has 2 aromatic carbocycles. The molecule has 0 bridgehead atoms. The molecule has 2 amide bonds. The highest BCUT2D eigenvalue weighted by Crippen LogP contribution is 2.36. The molecule has 0 heterocycles. The Labute approximate surface area is 168 Å². The van der Waals surface area contributed by atoms with Gasteiger partial charge in [0.15, 0.2) is 18.1 Å². The van der Waals surface area contributed by atoms with Crippen LogP contribution in [0.4, 0.5) is 0 Å². The number of ether oxygens (including phenoxy) is 3. The predicted octanol–water partition coefficient (Wildman–Crippen LogP) is 2.67. The molecule has 0 saturated heterocycles. The summed E-state index contributed by atoms with van der Waals surface area (Å²) in [7, 11) is 3.08. The van der Waals surface area contributed by atoms with Gasteiger partial charge in [-0.25, -0.2) is 0 Å². The summed E-state index contributed by atoms with van der Waals surface area (Å²) in [6, 6.07) is 10.6. The van der Waals surface area contributed by atoms with Gasteiger partial charge in [0, 0.05) is 12.6 Å². The molecular formula is C20H23ClN2O5. The van der Waals surface area contributed by atoms with E-state index in [1.54, 1.807) is 7.05 Å². The summed E-state index contributed by atoms with van der Waals surface area (Å²) in [6.45, 7) is 2.34. The number of carbonyl (C=O) groups excluding carboxylic acids is 2. The zero-order valence-electron chi connectivity index (χ0n) is 16.0. The van der Waals surface area contributed by atoms with E-state index in [0.717, 1.165) is 11.3 Å². The van der Waals surface area contributed by atoms with Gasteiger partial charge in [-0.1, -0.05) is 29.8 Å². The summed E-state index contributed by atoms with van der Waals surface area (Å²) in [6.07, 6.45) is 0. The summed E-state index contributed by atoms with van der Waals surface area (Å²) in [4.78, 5) is 25.1. The molecule has 28 heavy (non-hydrogen) atoms. The van der Waals surface area contributed by atoms with E-state index in [0.29, 0.717) is 18.7 Å². The maximum absolute atomic E-state index is 12.7. The highest BCUT2D eigenvalue weighted by Gasteiger charge is 2.19. The van der Waals surface area contributed by atoms with Crippen LogP contribution in [0.25, 0.3) is 0 Å². The third kappa shape index (κ3) is 5.53. The van der Waals surface area contributed by atoms with Gasteiger partial charge in [-0.15, -0.1) is 0 Å². The number of benzene rings is 2. The van der Waals surface area contributed by atoms with Gasteiger partial charge < -0.3 is 24.8 Å². The molecule has 2 N–H and O–H groups in total. The number of para-hydroxylation sites is 1. The lowest BCUT2D eigenvalue weighted by Gasteiger charge is -2.19. The van der Waals surface area contributed by atoms with E-state index < -0.39 is 5.91 Å². The van der Waals surface area contributed by atoms with Crippen molar-refractivity contribution >= 4 is 23.4 Å².